The van der Waals surface area contributed by atoms with Crippen LogP contribution in [0.2, 0.25) is 0 Å². The summed E-state index contributed by atoms with van der Waals surface area (Å²) in [5, 5.41) is 0. The first-order chi connectivity index (χ1) is 13.9. The molecule has 0 radical (unpaired) electrons. The minimum absolute atomic E-state index is 0.0430. The fourth-order valence-electron chi connectivity index (χ4n) is 3.39. The number of ether oxygens (including phenoxy) is 1. The summed E-state index contributed by atoms with van der Waals surface area (Å²) in [6.45, 7) is 0.791. The molecule has 1 unspecified atom stereocenters. The molecular weight excluding hydrogens is 439 g/mol. The Bertz CT molecular complexity index is 1310. The molecule has 0 spiro atoms. The van der Waals surface area contributed by atoms with Crippen LogP contribution in [0.5, 0.6) is 0 Å². The van der Waals surface area contributed by atoms with Gasteiger partial charge in [0.25, 0.3) is 0 Å². The molecule has 0 saturated heterocycles. The SMILES string of the molecule is CC1(C(F)(F)F)OC(=O)C(c2ccc3scnc3c2)=C1c1ccc(S(C)(=O)=O)cc1. The van der Waals surface area contributed by atoms with Gasteiger partial charge in [-0.1, -0.05) is 18.2 Å². The van der Waals surface area contributed by atoms with E-state index in [0.29, 0.717) is 5.52 Å². The number of carbonyl (C=O) groups is 1. The van der Waals surface area contributed by atoms with Gasteiger partial charge in [-0.2, -0.15) is 13.2 Å². The van der Waals surface area contributed by atoms with Crippen molar-refractivity contribution in [3.8, 4) is 0 Å². The number of rotatable bonds is 3. The first-order valence-electron chi connectivity index (χ1n) is 8.61. The van der Waals surface area contributed by atoms with Gasteiger partial charge in [0.05, 0.1) is 26.2 Å². The van der Waals surface area contributed by atoms with E-state index < -0.39 is 27.6 Å². The Hall–Kier alpha value is -2.72. The van der Waals surface area contributed by atoms with Crippen molar-refractivity contribution in [1.82, 2.24) is 4.98 Å². The molecule has 1 atom stereocenters. The maximum absolute atomic E-state index is 14.0. The zero-order chi connectivity index (χ0) is 21.9. The largest absolute Gasteiger partial charge is 0.441 e. The molecule has 30 heavy (non-hydrogen) atoms. The molecule has 0 aliphatic carbocycles. The molecule has 5 nitrogen and oxygen atoms in total. The predicted molar refractivity (Wildman–Crippen MR) is 107 cm³/mol. The molecule has 1 aliphatic rings. The number of sulfone groups is 1. The molecule has 0 fully saturated rings. The average molecular weight is 453 g/mol. The topological polar surface area (TPSA) is 73.3 Å². The Labute approximate surface area is 173 Å². The lowest BCUT2D eigenvalue weighted by molar-refractivity contribution is -0.235. The van der Waals surface area contributed by atoms with Crippen molar-refractivity contribution in [3.63, 3.8) is 0 Å². The summed E-state index contributed by atoms with van der Waals surface area (Å²) in [5.41, 5.74) is -1.05. The maximum Gasteiger partial charge on any atom is 0.432 e. The number of cyclic esters (lactones) is 1. The van der Waals surface area contributed by atoms with Gasteiger partial charge < -0.3 is 4.74 Å². The number of carbonyl (C=O) groups excluding carboxylic acids is 1. The molecule has 0 amide bonds. The van der Waals surface area contributed by atoms with Crippen LogP contribution in [0.15, 0.2) is 52.9 Å². The van der Waals surface area contributed by atoms with Crippen molar-refractivity contribution in [3.05, 3.63) is 59.1 Å². The van der Waals surface area contributed by atoms with E-state index in [0.717, 1.165) is 17.9 Å². The number of hydrogen-bond acceptors (Lipinski definition) is 6. The highest BCUT2D eigenvalue weighted by Gasteiger charge is 2.62. The van der Waals surface area contributed by atoms with Crippen molar-refractivity contribution in [2.24, 2.45) is 0 Å². The fourth-order valence-corrected chi connectivity index (χ4v) is 4.68. The van der Waals surface area contributed by atoms with Gasteiger partial charge in [0.1, 0.15) is 0 Å². The van der Waals surface area contributed by atoms with Crippen molar-refractivity contribution in [2.45, 2.75) is 23.6 Å². The van der Waals surface area contributed by atoms with Crippen LogP contribution in [0.3, 0.4) is 0 Å². The number of esters is 1. The van der Waals surface area contributed by atoms with Crippen molar-refractivity contribution < 1.29 is 31.1 Å². The summed E-state index contributed by atoms with van der Waals surface area (Å²) in [4.78, 5) is 16.7. The first kappa shape index (κ1) is 20.5. The second kappa shape index (κ2) is 6.64. The van der Waals surface area contributed by atoms with Crippen LogP contribution >= 0.6 is 11.3 Å². The number of hydrogen-bond donors (Lipinski definition) is 0. The standard InChI is InChI=1S/C20H14F3NO4S2/c1-19(20(21,22)23)17(11-3-6-13(7-4-11)30(2,26)27)16(18(25)28-19)12-5-8-15-14(9-12)24-10-29-15/h3-10H,1-2H3. The maximum atomic E-state index is 14.0. The highest BCUT2D eigenvalue weighted by atomic mass is 32.2. The molecule has 156 valence electrons. The second-order valence-corrected chi connectivity index (χ2v) is 9.90. The van der Waals surface area contributed by atoms with Crippen LogP contribution in [-0.2, 0) is 19.4 Å². The minimum Gasteiger partial charge on any atom is -0.441 e. The molecule has 1 aromatic heterocycles. The molecular formula is C20H14F3NO4S2. The highest BCUT2D eigenvalue weighted by Crippen LogP contribution is 2.51. The Balaban J connectivity index is 2.00. The second-order valence-electron chi connectivity index (χ2n) is 7.00. The van der Waals surface area contributed by atoms with Gasteiger partial charge >= 0.3 is 12.1 Å². The van der Waals surface area contributed by atoms with Gasteiger partial charge in [-0.15, -0.1) is 11.3 Å². The van der Waals surface area contributed by atoms with Gasteiger partial charge in [0, 0.05) is 11.8 Å². The smallest absolute Gasteiger partial charge is 0.432 e. The summed E-state index contributed by atoms with van der Waals surface area (Å²) in [6.07, 6.45) is -3.89. The van der Waals surface area contributed by atoms with Crippen LogP contribution in [0.1, 0.15) is 18.1 Å². The zero-order valence-electron chi connectivity index (χ0n) is 15.6. The quantitative estimate of drug-likeness (QED) is 0.547. The summed E-state index contributed by atoms with van der Waals surface area (Å²) < 4.78 is 71.1. The summed E-state index contributed by atoms with van der Waals surface area (Å²) >= 11 is 1.36. The van der Waals surface area contributed by atoms with E-state index in [1.807, 2.05) is 0 Å². The molecule has 2 aromatic carbocycles. The van der Waals surface area contributed by atoms with Gasteiger partial charge in [-0.25, -0.2) is 18.2 Å². The lowest BCUT2D eigenvalue weighted by atomic mass is 9.85. The van der Waals surface area contributed by atoms with Crippen LogP contribution < -0.4 is 0 Å². The van der Waals surface area contributed by atoms with E-state index in [4.69, 9.17) is 4.74 Å². The molecule has 3 aromatic rings. The molecule has 1 aliphatic heterocycles. The number of halogens is 3. The van der Waals surface area contributed by atoms with E-state index in [1.165, 1.54) is 41.7 Å². The van der Waals surface area contributed by atoms with E-state index in [-0.39, 0.29) is 27.2 Å². The molecule has 2 heterocycles. The lowest BCUT2D eigenvalue weighted by Crippen LogP contribution is -2.43. The third kappa shape index (κ3) is 3.20. The Morgan fingerprint density at radius 3 is 2.30 bits per heavy atom. The minimum atomic E-state index is -4.89. The van der Waals surface area contributed by atoms with E-state index in [1.54, 1.807) is 17.6 Å². The third-order valence-electron chi connectivity index (χ3n) is 4.96. The number of thiazole rings is 1. The number of nitrogens with zero attached hydrogens (tertiary/aromatic N) is 1. The lowest BCUT2D eigenvalue weighted by Gasteiger charge is -2.29. The highest BCUT2D eigenvalue weighted by molar-refractivity contribution is 7.90. The molecule has 4 rings (SSSR count). The zero-order valence-corrected chi connectivity index (χ0v) is 17.3. The van der Waals surface area contributed by atoms with Crippen LogP contribution in [0.25, 0.3) is 21.4 Å². The number of fused-ring (bicyclic) bond motifs is 1. The van der Waals surface area contributed by atoms with Crippen molar-refractivity contribution in [2.75, 3.05) is 6.26 Å². The number of benzene rings is 2. The third-order valence-corrected chi connectivity index (χ3v) is 6.90. The molecule has 0 bridgehead atoms. The average Bonchev–Trinajstić information content (AvgIpc) is 3.22. The first-order valence-corrected chi connectivity index (χ1v) is 11.4. The summed E-state index contributed by atoms with van der Waals surface area (Å²) in [6, 6.07) is 9.67. The molecule has 10 heteroatoms. The Morgan fingerprint density at radius 1 is 1.07 bits per heavy atom. The van der Waals surface area contributed by atoms with Crippen molar-refractivity contribution >= 4 is 48.5 Å². The normalized spacial score (nSPS) is 20.1. The van der Waals surface area contributed by atoms with Gasteiger partial charge in [-0.05, 0) is 42.3 Å². The monoisotopic (exact) mass is 453 g/mol. The summed E-state index contributed by atoms with van der Waals surface area (Å²) in [7, 11) is -3.54. The van der Waals surface area contributed by atoms with Crippen LogP contribution in [0.4, 0.5) is 13.2 Å². The van der Waals surface area contributed by atoms with E-state index in [2.05, 4.69) is 4.98 Å². The van der Waals surface area contributed by atoms with E-state index >= 15 is 0 Å². The van der Waals surface area contributed by atoms with Crippen LogP contribution in [0, 0.1) is 0 Å². The molecule has 0 saturated carbocycles. The Morgan fingerprint density at radius 2 is 1.70 bits per heavy atom. The van der Waals surface area contributed by atoms with Crippen LogP contribution in [-0.4, -0.2) is 37.4 Å². The predicted octanol–water partition coefficient (Wildman–Crippen LogP) is 4.49. The summed E-state index contributed by atoms with van der Waals surface area (Å²) in [5.74, 6) is -1.11. The Kier molecular flexibility index (Phi) is 4.55. The van der Waals surface area contributed by atoms with Gasteiger partial charge in [0.15, 0.2) is 9.84 Å². The van der Waals surface area contributed by atoms with Gasteiger partial charge in [-0.3, -0.25) is 0 Å². The number of aromatic nitrogens is 1. The number of alkyl halides is 3. The van der Waals surface area contributed by atoms with Gasteiger partial charge in [0.2, 0.25) is 5.60 Å². The fraction of sp³-hybridized carbons (Fsp3) is 0.200. The molecule has 0 N–H and O–H groups in total. The van der Waals surface area contributed by atoms with E-state index in [9.17, 15) is 26.4 Å². The van der Waals surface area contributed by atoms with Crippen molar-refractivity contribution in [1.29, 1.82) is 0 Å².